The van der Waals surface area contributed by atoms with Crippen LogP contribution in [0.5, 0.6) is 11.5 Å². The second-order valence-corrected chi connectivity index (χ2v) is 5.14. The Kier molecular flexibility index (Phi) is 5.70. The molecule has 0 unspecified atom stereocenters. The third kappa shape index (κ3) is 4.07. The van der Waals surface area contributed by atoms with Crippen molar-refractivity contribution in [3.8, 4) is 11.5 Å². The van der Waals surface area contributed by atoms with Crippen LogP contribution in [0.25, 0.3) is 0 Å². The molecule has 2 aromatic rings. The molecule has 0 bridgehead atoms. The molecular weight excluding hydrogens is 369 g/mol. The lowest BCUT2D eigenvalue weighted by Gasteiger charge is -2.12. The number of carbonyl (C=O) groups excluding carboxylic acids is 1. The Labute approximate surface area is 140 Å². The van der Waals surface area contributed by atoms with Crippen LogP contribution in [0.1, 0.15) is 5.56 Å². The number of carbonyl (C=O) groups is 1. The average molecular weight is 382 g/mol. The van der Waals surface area contributed by atoms with Gasteiger partial charge in [0, 0.05) is 0 Å². The average Bonchev–Trinajstić information content (AvgIpc) is 2.56. The van der Waals surface area contributed by atoms with E-state index in [2.05, 4.69) is 21.1 Å². The van der Waals surface area contributed by atoms with Gasteiger partial charge in [-0.1, -0.05) is 17.3 Å². The molecule has 0 radical (unpaired) electrons. The van der Waals surface area contributed by atoms with Crippen molar-refractivity contribution in [1.29, 1.82) is 0 Å². The summed E-state index contributed by atoms with van der Waals surface area (Å²) in [6.45, 7) is 0. The highest BCUT2D eigenvalue weighted by atomic mass is 79.9. The molecule has 0 saturated heterocycles. The third-order valence-electron chi connectivity index (χ3n) is 2.82. The number of rotatable bonds is 5. The maximum absolute atomic E-state index is 13.3. The molecular formula is C16H13BrFNO4. The fourth-order valence-corrected chi connectivity index (χ4v) is 2.16. The molecule has 7 heteroatoms. The first-order chi connectivity index (χ1) is 11.1. The molecule has 5 nitrogen and oxygen atoms in total. The summed E-state index contributed by atoms with van der Waals surface area (Å²) in [5, 5.41) is 3.69. The number of benzene rings is 2. The Bertz CT molecular complexity index is 749. The van der Waals surface area contributed by atoms with Gasteiger partial charge in [-0.15, -0.1) is 0 Å². The molecule has 0 saturated carbocycles. The first-order valence-corrected chi connectivity index (χ1v) is 7.28. The number of hydrogen-bond acceptors (Lipinski definition) is 5. The van der Waals surface area contributed by atoms with Gasteiger partial charge in [0.25, 0.3) is 0 Å². The molecule has 0 heterocycles. The van der Waals surface area contributed by atoms with Crippen LogP contribution in [0.2, 0.25) is 0 Å². The van der Waals surface area contributed by atoms with Gasteiger partial charge in [-0.3, -0.25) is 0 Å². The van der Waals surface area contributed by atoms with Crippen molar-refractivity contribution in [2.45, 2.75) is 0 Å². The minimum atomic E-state index is -0.664. The van der Waals surface area contributed by atoms with Crippen molar-refractivity contribution < 1.29 is 23.5 Å². The van der Waals surface area contributed by atoms with Gasteiger partial charge in [0.05, 0.1) is 17.1 Å². The van der Waals surface area contributed by atoms with Crippen LogP contribution < -0.4 is 4.74 Å². The molecule has 0 fully saturated rings. The third-order valence-corrected chi connectivity index (χ3v) is 3.43. The van der Waals surface area contributed by atoms with Crippen LogP contribution in [-0.2, 0) is 14.4 Å². The van der Waals surface area contributed by atoms with E-state index in [4.69, 9.17) is 14.3 Å². The molecule has 0 aliphatic heterocycles. The van der Waals surface area contributed by atoms with Crippen LogP contribution in [0, 0.1) is 5.82 Å². The summed E-state index contributed by atoms with van der Waals surface area (Å²) < 4.78 is 24.0. The van der Waals surface area contributed by atoms with Gasteiger partial charge < -0.3 is 14.3 Å². The molecule has 0 amide bonds. The molecule has 0 aliphatic rings. The van der Waals surface area contributed by atoms with E-state index in [1.54, 1.807) is 24.3 Å². The summed E-state index contributed by atoms with van der Waals surface area (Å²) in [5.41, 5.74) is 0.355. The summed E-state index contributed by atoms with van der Waals surface area (Å²) >= 11 is 3.09. The number of nitrogens with zero attached hydrogens (tertiary/aromatic N) is 1. The van der Waals surface area contributed by atoms with Crippen LogP contribution in [0.15, 0.2) is 52.1 Å². The minimum Gasteiger partial charge on any atom is -0.464 e. The van der Waals surface area contributed by atoms with Crippen molar-refractivity contribution in [2.75, 3.05) is 14.2 Å². The maximum Gasteiger partial charge on any atom is 0.360 e. The van der Waals surface area contributed by atoms with E-state index in [-0.39, 0.29) is 10.2 Å². The molecule has 120 valence electrons. The van der Waals surface area contributed by atoms with E-state index < -0.39 is 11.8 Å². The van der Waals surface area contributed by atoms with E-state index >= 15 is 0 Å². The number of esters is 1. The Morgan fingerprint density at radius 1 is 1.17 bits per heavy atom. The first-order valence-electron chi connectivity index (χ1n) is 6.48. The Morgan fingerprint density at radius 3 is 2.57 bits per heavy atom. The molecule has 0 N–H and O–H groups in total. The highest BCUT2D eigenvalue weighted by Crippen LogP contribution is 2.29. The lowest BCUT2D eigenvalue weighted by molar-refractivity contribution is -0.132. The zero-order chi connectivity index (χ0) is 16.8. The van der Waals surface area contributed by atoms with Gasteiger partial charge in [0.1, 0.15) is 24.4 Å². The molecule has 0 atom stereocenters. The van der Waals surface area contributed by atoms with Gasteiger partial charge in [-0.2, -0.15) is 0 Å². The van der Waals surface area contributed by atoms with E-state index in [9.17, 15) is 9.18 Å². The smallest absolute Gasteiger partial charge is 0.360 e. The second-order valence-electron chi connectivity index (χ2n) is 4.29. The predicted octanol–water partition coefficient (Wildman–Crippen LogP) is 3.90. The maximum atomic E-state index is 13.3. The monoisotopic (exact) mass is 381 g/mol. The van der Waals surface area contributed by atoms with E-state index in [1.165, 1.54) is 32.4 Å². The van der Waals surface area contributed by atoms with Crippen molar-refractivity contribution in [2.24, 2.45) is 5.16 Å². The fourth-order valence-electron chi connectivity index (χ4n) is 1.80. The quantitative estimate of drug-likeness (QED) is 0.447. The number of halogens is 2. The van der Waals surface area contributed by atoms with Crippen LogP contribution >= 0.6 is 15.9 Å². The molecule has 0 spiro atoms. The molecule has 0 aromatic heterocycles. The normalized spacial score (nSPS) is 11.0. The first kappa shape index (κ1) is 17.0. The summed E-state index contributed by atoms with van der Waals surface area (Å²) in [6.07, 6.45) is 0. The summed E-state index contributed by atoms with van der Waals surface area (Å²) in [5.74, 6) is -0.315. The van der Waals surface area contributed by atoms with E-state index in [0.29, 0.717) is 17.1 Å². The van der Waals surface area contributed by atoms with Crippen LogP contribution in [0.4, 0.5) is 4.39 Å². The summed E-state index contributed by atoms with van der Waals surface area (Å²) in [4.78, 5) is 16.6. The topological polar surface area (TPSA) is 57.1 Å². The zero-order valence-corrected chi connectivity index (χ0v) is 14.0. The lowest BCUT2D eigenvalue weighted by Crippen LogP contribution is -2.18. The van der Waals surface area contributed by atoms with E-state index in [0.717, 1.165) is 0 Å². The van der Waals surface area contributed by atoms with Crippen LogP contribution in [0.3, 0.4) is 0 Å². The number of oxime groups is 1. The Morgan fingerprint density at radius 2 is 1.91 bits per heavy atom. The standard InChI is InChI=1S/C16H13BrFNO4/c1-21-16(20)15(19-22-2)11-5-3-4-6-14(11)23-10-7-8-13(18)12(17)9-10/h3-9H,1-2H3/b19-15+. The lowest BCUT2D eigenvalue weighted by atomic mass is 10.1. The van der Waals surface area contributed by atoms with Gasteiger partial charge >= 0.3 is 5.97 Å². The van der Waals surface area contributed by atoms with E-state index in [1.807, 2.05) is 0 Å². The van der Waals surface area contributed by atoms with Gasteiger partial charge in [-0.25, -0.2) is 9.18 Å². The Hall–Kier alpha value is -2.41. The van der Waals surface area contributed by atoms with Gasteiger partial charge in [0.15, 0.2) is 5.71 Å². The minimum absolute atomic E-state index is 0.0354. The largest absolute Gasteiger partial charge is 0.464 e. The van der Waals surface area contributed by atoms with Gasteiger partial charge in [0.2, 0.25) is 0 Å². The number of ether oxygens (including phenoxy) is 2. The predicted molar refractivity (Wildman–Crippen MR) is 86.2 cm³/mol. The molecule has 2 rings (SSSR count). The summed E-state index contributed by atoms with van der Waals surface area (Å²) in [6, 6.07) is 11.0. The van der Waals surface area contributed by atoms with Crippen molar-refractivity contribution in [1.82, 2.24) is 0 Å². The number of methoxy groups -OCH3 is 1. The fraction of sp³-hybridized carbons (Fsp3) is 0.125. The van der Waals surface area contributed by atoms with Gasteiger partial charge in [-0.05, 0) is 46.3 Å². The Balaban J connectivity index is 2.42. The highest BCUT2D eigenvalue weighted by Gasteiger charge is 2.20. The number of para-hydroxylation sites is 1. The molecule has 2 aromatic carbocycles. The molecule has 0 aliphatic carbocycles. The second kappa shape index (κ2) is 7.73. The zero-order valence-electron chi connectivity index (χ0n) is 12.4. The van der Waals surface area contributed by atoms with Crippen molar-refractivity contribution >= 4 is 27.6 Å². The van der Waals surface area contributed by atoms with Crippen LogP contribution in [-0.4, -0.2) is 25.9 Å². The number of hydrogen-bond donors (Lipinski definition) is 0. The van der Waals surface area contributed by atoms with Crippen molar-refractivity contribution in [3.63, 3.8) is 0 Å². The SMILES string of the molecule is CO/N=C(/C(=O)OC)c1ccccc1Oc1ccc(F)c(Br)c1. The molecule has 23 heavy (non-hydrogen) atoms. The highest BCUT2D eigenvalue weighted by molar-refractivity contribution is 9.10. The van der Waals surface area contributed by atoms with Crippen molar-refractivity contribution in [3.05, 3.63) is 58.3 Å². The summed E-state index contributed by atoms with van der Waals surface area (Å²) in [7, 11) is 2.57.